The molecule has 2 aromatic rings. The Labute approximate surface area is 125 Å². The second-order valence-electron chi connectivity index (χ2n) is 4.62. The van der Waals surface area contributed by atoms with E-state index in [1.165, 1.54) is 0 Å². The highest BCUT2D eigenvalue weighted by Crippen LogP contribution is 2.21. The van der Waals surface area contributed by atoms with Crippen LogP contribution in [0.2, 0.25) is 0 Å². The van der Waals surface area contributed by atoms with Crippen molar-refractivity contribution in [3.05, 3.63) is 64.7 Å². The number of hydrogen-bond acceptors (Lipinski definition) is 3. The standard InChI is InChI=1S/C16H13F2NO3/c1-9-3-5-10(6-4-9)15(20)19-14-7-11(16(21)22-2)12(17)8-13(14)18/h3-8H,1-2H3,(H,19,20). The monoisotopic (exact) mass is 305 g/mol. The molecule has 0 spiro atoms. The minimum absolute atomic E-state index is 0.299. The predicted molar refractivity (Wildman–Crippen MR) is 76.8 cm³/mol. The molecule has 2 aromatic carbocycles. The summed E-state index contributed by atoms with van der Waals surface area (Å²) in [4.78, 5) is 23.4. The number of carbonyl (C=O) groups is 2. The normalized spacial score (nSPS) is 10.2. The molecule has 22 heavy (non-hydrogen) atoms. The summed E-state index contributed by atoms with van der Waals surface area (Å²) >= 11 is 0. The summed E-state index contributed by atoms with van der Waals surface area (Å²) in [7, 11) is 1.08. The number of ether oxygens (including phenoxy) is 1. The molecule has 0 aliphatic heterocycles. The number of halogens is 2. The van der Waals surface area contributed by atoms with Crippen LogP contribution in [-0.2, 0) is 4.74 Å². The van der Waals surface area contributed by atoms with Gasteiger partial charge in [-0.2, -0.15) is 0 Å². The summed E-state index contributed by atoms with van der Waals surface area (Å²) in [5.41, 5.74) is 0.530. The van der Waals surface area contributed by atoms with Gasteiger partial charge in [-0.25, -0.2) is 13.6 Å². The molecule has 0 saturated heterocycles. The van der Waals surface area contributed by atoms with Crippen molar-refractivity contribution in [2.45, 2.75) is 6.92 Å². The van der Waals surface area contributed by atoms with Crippen LogP contribution < -0.4 is 5.32 Å². The molecule has 0 fully saturated rings. The molecule has 0 radical (unpaired) electrons. The fraction of sp³-hybridized carbons (Fsp3) is 0.125. The van der Waals surface area contributed by atoms with Crippen molar-refractivity contribution in [3.8, 4) is 0 Å². The molecular formula is C16H13F2NO3. The van der Waals surface area contributed by atoms with E-state index in [4.69, 9.17) is 0 Å². The van der Waals surface area contributed by atoms with Gasteiger partial charge < -0.3 is 10.1 Å². The molecule has 4 nitrogen and oxygen atoms in total. The number of nitrogens with one attached hydrogen (secondary N) is 1. The van der Waals surface area contributed by atoms with E-state index in [2.05, 4.69) is 10.1 Å². The van der Waals surface area contributed by atoms with Gasteiger partial charge in [0.05, 0.1) is 18.4 Å². The fourth-order valence-electron chi connectivity index (χ4n) is 1.81. The van der Waals surface area contributed by atoms with E-state index in [0.29, 0.717) is 11.6 Å². The Morgan fingerprint density at radius 3 is 2.27 bits per heavy atom. The number of methoxy groups -OCH3 is 1. The molecule has 1 amide bonds. The van der Waals surface area contributed by atoms with Crippen molar-refractivity contribution in [2.24, 2.45) is 0 Å². The van der Waals surface area contributed by atoms with E-state index in [1.807, 2.05) is 6.92 Å². The number of rotatable bonds is 3. The van der Waals surface area contributed by atoms with Gasteiger partial charge in [0.25, 0.3) is 5.91 Å². The highest BCUT2D eigenvalue weighted by Gasteiger charge is 2.18. The molecule has 0 bridgehead atoms. The van der Waals surface area contributed by atoms with Crippen LogP contribution in [-0.4, -0.2) is 19.0 Å². The van der Waals surface area contributed by atoms with Gasteiger partial charge in [0, 0.05) is 11.6 Å². The number of carbonyl (C=O) groups excluding carboxylic acids is 2. The van der Waals surface area contributed by atoms with Crippen LogP contribution in [0.3, 0.4) is 0 Å². The summed E-state index contributed by atoms with van der Waals surface area (Å²) in [6.07, 6.45) is 0. The maximum absolute atomic E-state index is 13.7. The molecule has 0 atom stereocenters. The van der Waals surface area contributed by atoms with Crippen molar-refractivity contribution in [3.63, 3.8) is 0 Å². The molecule has 1 N–H and O–H groups in total. The van der Waals surface area contributed by atoms with E-state index >= 15 is 0 Å². The average Bonchev–Trinajstić information content (AvgIpc) is 2.49. The Bertz CT molecular complexity index is 727. The molecule has 2 rings (SSSR count). The number of esters is 1. The lowest BCUT2D eigenvalue weighted by atomic mass is 10.1. The van der Waals surface area contributed by atoms with E-state index in [0.717, 1.165) is 18.7 Å². The second-order valence-corrected chi connectivity index (χ2v) is 4.62. The second kappa shape index (κ2) is 6.34. The van der Waals surface area contributed by atoms with E-state index in [-0.39, 0.29) is 5.69 Å². The predicted octanol–water partition coefficient (Wildman–Crippen LogP) is 3.31. The minimum atomic E-state index is -1.06. The van der Waals surface area contributed by atoms with Gasteiger partial charge in [0.2, 0.25) is 0 Å². The maximum Gasteiger partial charge on any atom is 0.340 e. The lowest BCUT2D eigenvalue weighted by molar-refractivity contribution is 0.0595. The van der Waals surface area contributed by atoms with Gasteiger partial charge in [-0.15, -0.1) is 0 Å². The summed E-state index contributed by atoms with van der Waals surface area (Å²) in [6, 6.07) is 8.05. The van der Waals surface area contributed by atoms with Gasteiger partial charge in [0.1, 0.15) is 11.6 Å². The zero-order valence-electron chi connectivity index (χ0n) is 11.9. The topological polar surface area (TPSA) is 55.4 Å². The highest BCUT2D eigenvalue weighted by atomic mass is 19.1. The minimum Gasteiger partial charge on any atom is -0.465 e. The highest BCUT2D eigenvalue weighted by molar-refractivity contribution is 6.05. The van der Waals surface area contributed by atoms with Crippen LogP contribution in [0.1, 0.15) is 26.3 Å². The molecular weight excluding hydrogens is 292 g/mol. The molecule has 0 aromatic heterocycles. The van der Waals surface area contributed by atoms with E-state index in [1.54, 1.807) is 24.3 Å². The van der Waals surface area contributed by atoms with Gasteiger partial charge in [-0.3, -0.25) is 4.79 Å². The van der Waals surface area contributed by atoms with E-state index in [9.17, 15) is 18.4 Å². The third-order valence-electron chi connectivity index (χ3n) is 3.02. The molecule has 0 saturated carbocycles. The molecule has 114 valence electrons. The average molecular weight is 305 g/mol. The quantitative estimate of drug-likeness (QED) is 0.885. The van der Waals surface area contributed by atoms with Gasteiger partial charge >= 0.3 is 5.97 Å². The first kappa shape index (κ1) is 15.6. The third-order valence-corrected chi connectivity index (χ3v) is 3.02. The maximum atomic E-state index is 13.7. The van der Waals surface area contributed by atoms with Gasteiger partial charge in [-0.1, -0.05) is 17.7 Å². The van der Waals surface area contributed by atoms with E-state index < -0.39 is 29.1 Å². The van der Waals surface area contributed by atoms with Crippen LogP contribution in [0.25, 0.3) is 0 Å². The van der Waals surface area contributed by atoms with Crippen molar-refractivity contribution in [1.82, 2.24) is 0 Å². The fourth-order valence-corrected chi connectivity index (χ4v) is 1.81. The summed E-state index contributed by atoms with van der Waals surface area (Å²) in [5.74, 6) is -3.56. The number of anilines is 1. The molecule has 0 aliphatic rings. The smallest absolute Gasteiger partial charge is 0.340 e. The largest absolute Gasteiger partial charge is 0.465 e. The summed E-state index contributed by atoms with van der Waals surface area (Å²) in [6.45, 7) is 1.87. The zero-order valence-corrected chi connectivity index (χ0v) is 11.9. The summed E-state index contributed by atoms with van der Waals surface area (Å²) in [5, 5.41) is 2.30. The molecule has 6 heteroatoms. The van der Waals surface area contributed by atoms with Crippen LogP contribution in [0.15, 0.2) is 36.4 Å². The first-order valence-corrected chi connectivity index (χ1v) is 6.37. The lowest BCUT2D eigenvalue weighted by Crippen LogP contribution is -2.14. The Hall–Kier alpha value is -2.76. The molecule has 0 unspecified atom stereocenters. The van der Waals surface area contributed by atoms with Crippen molar-refractivity contribution < 1.29 is 23.1 Å². The summed E-state index contributed by atoms with van der Waals surface area (Å²) < 4.78 is 31.7. The van der Waals surface area contributed by atoms with Crippen molar-refractivity contribution in [1.29, 1.82) is 0 Å². The van der Waals surface area contributed by atoms with Gasteiger partial charge in [-0.05, 0) is 25.1 Å². The van der Waals surface area contributed by atoms with Crippen molar-refractivity contribution >= 4 is 17.6 Å². The first-order chi connectivity index (χ1) is 10.4. The SMILES string of the molecule is COC(=O)c1cc(NC(=O)c2ccc(C)cc2)c(F)cc1F. The Morgan fingerprint density at radius 2 is 1.68 bits per heavy atom. The Kier molecular flexibility index (Phi) is 4.50. The Morgan fingerprint density at radius 1 is 1.05 bits per heavy atom. The first-order valence-electron chi connectivity index (χ1n) is 6.37. The molecule has 0 heterocycles. The zero-order chi connectivity index (χ0) is 16.3. The molecule has 0 aliphatic carbocycles. The van der Waals surface area contributed by atoms with Crippen molar-refractivity contribution in [2.75, 3.05) is 12.4 Å². The van der Waals surface area contributed by atoms with Gasteiger partial charge in [0.15, 0.2) is 0 Å². The van der Waals surface area contributed by atoms with Crippen LogP contribution in [0, 0.1) is 18.6 Å². The number of aryl methyl sites for hydroxylation is 1. The Balaban J connectivity index is 2.30. The van der Waals surface area contributed by atoms with Crippen LogP contribution in [0.5, 0.6) is 0 Å². The lowest BCUT2D eigenvalue weighted by Gasteiger charge is -2.09. The number of benzene rings is 2. The third kappa shape index (κ3) is 3.28. The number of amides is 1. The number of hydrogen-bond donors (Lipinski definition) is 1. The van der Waals surface area contributed by atoms with Crippen LogP contribution >= 0.6 is 0 Å². The van der Waals surface area contributed by atoms with Crippen LogP contribution in [0.4, 0.5) is 14.5 Å².